The van der Waals surface area contributed by atoms with Crippen molar-refractivity contribution in [3.05, 3.63) is 198 Å². The Kier molecular flexibility index (Phi) is 7.88. The van der Waals surface area contributed by atoms with Gasteiger partial charge in [0, 0.05) is 21.5 Å². The highest BCUT2D eigenvalue weighted by Gasteiger charge is 2.31. The summed E-state index contributed by atoms with van der Waals surface area (Å²) in [6.07, 6.45) is -4.55. The van der Waals surface area contributed by atoms with E-state index < -0.39 is 11.7 Å². The number of halogens is 3. The van der Waals surface area contributed by atoms with E-state index in [0.29, 0.717) is 16.7 Å². The summed E-state index contributed by atoms with van der Waals surface area (Å²) in [5.74, 6) is 0. The van der Waals surface area contributed by atoms with Gasteiger partial charge in [-0.2, -0.15) is 13.2 Å². The predicted octanol–water partition coefficient (Wildman–Crippen LogP) is 14.8. The van der Waals surface area contributed by atoms with Crippen LogP contribution in [0.25, 0.3) is 93.2 Å². The number of aromatic nitrogens is 2. The van der Waals surface area contributed by atoms with Crippen molar-refractivity contribution in [1.82, 2.24) is 9.13 Å². The zero-order valence-corrected chi connectivity index (χ0v) is 30.7. The lowest BCUT2D eigenvalue weighted by Gasteiger charge is -2.20. The quantitative estimate of drug-likeness (QED) is 0.156. The van der Waals surface area contributed by atoms with Gasteiger partial charge in [0.25, 0.3) is 0 Å². The van der Waals surface area contributed by atoms with Crippen molar-refractivity contribution in [1.29, 1.82) is 0 Å². The minimum absolute atomic E-state index is 0.256. The molecule has 0 aliphatic rings. The summed E-state index contributed by atoms with van der Waals surface area (Å²) in [4.78, 5) is 3.99. The summed E-state index contributed by atoms with van der Waals surface area (Å²) < 4.78 is 47.2. The van der Waals surface area contributed by atoms with Gasteiger partial charge in [-0.1, -0.05) is 115 Å². The van der Waals surface area contributed by atoms with Gasteiger partial charge < -0.3 is 9.13 Å². The molecule has 3 nitrogen and oxygen atoms in total. The Morgan fingerprint density at radius 3 is 1.42 bits per heavy atom. The van der Waals surface area contributed by atoms with E-state index in [-0.39, 0.29) is 5.69 Å². The Bertz CT molecular complexity index is 3240. The molecular weight excluding hydrogens is 712 g/mol. The normalized spacial score (nSPS) is 11.8. The maximum absolute atomic E-state index is 14.3. The average Bonchev–Trinajstić information content (AvgIpc) is 3.75. The summed E-state index contributed by atoms with van der Waals surface area (Å²) >= 11 is 0. The molecule has 0 bridgehead atoms. The third-order valence-electron chi connectivity index (χ3n) is 11.0. The Morgan fingerprint density at radius 1 is 0.439 bits per heavy atom. The number of hydrogen-bond acceptors (Lipinski definition) is 0. The maximum Gasteiger partial charge on any atom is 0.416 e. The standard InChI is InChI=1S/C51H32F3N3/c1-32-25-37(27-38(26-32)51(52,53)54)41-30-49(56-45-19-11-9-17-39(45)42-28-35(21-23-47(42)56)33-13-5-3-6-14-33)50(31-44(41)55-2)57-46-20-12-10-18-40(46)43-29-36(22-24-48(43)57)34-15-7-4-8-16-34/h3-31H,1H3. The molecule has 6 heteroatoms. The molecule has 0 spiro atoms. The van der Waals surface area contributed by atoms with Gasteiger partial charge >= 0.3 is 6.18 Å². The lowest BCUT2D eigenvalue weighted by atomic mass is 9.97. The van der Waals surface area contributed by atoms with E-state index in [0.717, 1.165) is 89.4 Å². The molecule has 0 saturated heterocycles. The summed E-state index contributed by atoms with van der Waals surface area (Å²) in [7, 11) is 0. The van der Waals surface area contributed by atoms with Crippen LogP contribution in [0.3, 0.4) is 0 Å². The van der Waals surface area contributed by atoms with Gasteiger partial charge in [0.2, 0.25) is 0 Å². The average molecular weight is 744 g/mol. The van der Waals surface area contributed by atoms with Crippen LogP contribution >= 0.6 is 0 Å². The van der Waals surface area contributed by atoms with Crippen LogP contribution < -0.4 is 0 Å². The monoisotopic (exact) mass is 743 g/mol. The number of hydrogen-bond donors (Lipinski definition) is 0. The van der Waals surface area contributed by atoms with Crippen LogP contribution in [0.1, 0.15) is 11.1 Å². The zero-order valence-electron chi connectivity index (χ0n) is 30.7. The largest absolute Gasteiger partial charge is 0.416 e. The van der Waals surface area contributed by atoms with Crippen LogP contribution in [-0.2, 0) is 6.18 Å². The fourth-order valence-corrected chi connectivity index (χ4v) is 8.44. The Balaban J connectivity index is 1.33. The molecule has 0 amide bonds. The highest BCUT2D eigenvalue weighted by Crippen LogP contribution is 2.45. The molecule has 10 aromatic rings. The molecule has 0 radical (unpaired) electrons. The molecule has 0 aliphatic heterocycles. The van der Waals surface area contributed by atoms with Gasteiger partial charge in [-0.3, -0.25) is 0 Å². The van der Waals surface area contributed by atoms with Crippen LogP contribution in [0.4, 0.5) is 18.9 Å². The summed E-state index contributed by atoms with van der Waals surface area (Å²) in [6.45, 7) is 10.1. The molecule has 272 valence electrons. The molecule has 8 aromatic carbocycles. The van der Waals surface area contributed by atoms with Gasteiger partial charge in [-0.15, -0.1) is 0 Å². The van der Waals surface area contributed by atoms with E-state index in [1.54, 1.807) is 13.0 Å². The van der Waals surface area contributed by atoms with Crippen molar-refractivity contribution < 1.29 is 13.2 Å². The lowest BCUT2D eigenvalue weighted by Crippen LogP contribution is -2.06. The number of para-hydroxylation sites is 2. The third kappa shape index (κ3) is 5.67. The summed E-state index contributed by atoms with van der Waals surface area (Å²) in [5, 5.41) is 4.18. The van der Waals surface area contributed by atoms with Crippen LogP contribution in [0.2, 0.25) is 0 Å². The fourth-order valence-electron chi connectivity index (χ4n) is 8.44. The Labute approximate surface area is 326 Å². The minimum Gasteiger partial charge on any atom is -0.308 e. The van der Waals surface area contributed by atoms with Gasteiger partial charge in [-0.25, -0.2) is 4.85 Å². The van der Waals surface area contributed by atoms with E-state index >= 15 is 0 Å². The van der Waals surface area contributed by atoms with Crippen LogP contribution in [0.15, 0.2) is 176 Å². The van der Waals surface area contributed by atoms with Gasteiger partial charge in [0.15, 0.2) is 5.69 Å². The highest BCUT2D eigenvalue weighted by atomic mass is 19.4. The first-order chi connectivity index (χ1) is 27.8. The Morgan fingerprint density at radius 2 is 0.912 bits per heavy atom. The SMILES string of the molecule is [C-]#[N+]c1cc(-n2c3ccccc3c3cc(-c4ccccc4)ccc32)c(-n2c3ccccc3c3cc(-c4ccccc4)ccc32)cc1-c1cc(C)cc(C(F)(F)F)c1. The summed E-state index contributed by atoms with van der Waals surface area (Å²) in [5.41, 5.74) is 10.3. The van der Waals surface area contributed by atoms with Crippen LogP contribution in [0, 0.1) is 13.5 Å². The van der Waals surface area contributed by atoms with Crippen LogP contribution in [-0.4, -0.2) is 9.13 Å². The fraction of sp³-hybridized carbons (Fsp3) is 0.0392. The number of alkyl halides is 3. The van der Waals surface area contributed by atoms with Gasteiger partial charge in [-0.05, 0) is 107 Å². The Hall–Kier alpha value is -7.36. The zero-order chi connectivity index (χ0) is 38.8. The van der Waals surface area contributed by atoms with E-state index in [2.05, 4.69) is 98.9 Å². The first-order valence-corrected chi connectivity index (χ1v) is 18.7. The number of rotatable bonds is 5. The van der Waals surface area contributed by atoms with E-state index in [9.17, 15) is 13.2 Å². The highest BCUT2D eigenvalue weighted by molar-refractivity contribution is 6.13. The van der Waals surface area contributed by atoms with E-state index in [1.807, 2.05) is 72.8 Å². The first kappa shape index (κ1) is 34.2. The molecule has 10 rings (SSSR count). The smallest absolute Gasteiger partial charge is 0.308 e. The van der Waals surface area contributed by atoms with E-state index in [1.165, 1.54) is 0 Å². The second kappa shape index (κ2) is 13.1. The lowest BCUT2D eigenvalue weighted by molar-refractivity contribution is -0.137. The molecule has 0 saturated carbocycles. The van der Waals surface area contributed by atoms with Gasteiger partial charge in [0.1, 0.15) is 0 Å². The number of aryl methyl sites for hydroxylation is 1. The van der Waals surface area contributed by atoms with Gasteiger partial charge in [0.05, 0.1) is 45.6 Å². The molecule has 0 unspecified atom stereocenters. The summed E-state index contributed by atoms with van der Waals surface area (Å²) in [6, 6.07) is 57.7. The molecule has 0 atom stereocenters. The number of fused-ring (bicyclic) bond motifs is 6. The van der Waals surface area contributed by atoms with Crippen molar-refractivity contribution in [3.63, 3.8) is 0 Å². The molecule has 2 aromatic heterocycles. The van der Waals surface area contributed by atoms with Crippen LogP contribution in [0.5, 0.6) is 0 Å². The van der Waals surface area contributed by atoms with E-state index in [4.69, 9.17) is 6.57 Å². The molecular formula is C51H32F3N3. The predicted molar refractivity (Wildman–Crippen MR) is 227 cm³/mol. The van der Waals surface area contributed by atoms with Crippen molar-refractivity contribution in [2.45, 2.75) is 13.1 Å². The first-order valence-electron chi connectivity index (χ1n) is 18.7. The van der Waals surface area contributed by atoms with Crippen molar-refractivity contribution >= 4 is 49.3 Å². The third-order valence-corrected chi connectivity index (χ3v) is 11.0. The second-order valence-corrected chi connectivity index (χ2v) is 14.5. The number of benzene rings is 8. The van der Waals surface area contributed by atoms with Crippen molar-refractivity contribution in [2.24, 2.45) is 0 Å². The molecule has 0 aliphatic carbocycles. The maximum atomic E-state index is 14.3. The van der Waals surface area contributed by atoms with Crippen molar-refractivity contribution in [2.75, 3.05) is 0 Å². The minimum atomic E-state index is -4.55. The molecule has 2 heterocycles. The van der Waals surface area contributed by atoms with Crippen molar-refractivity contribution in [3.8, 4) is 44.8 Å². The molecule has 0 fully saturated rings. The molecule has 57 heavy (non-hydrogen) atoms. The topological polar surface area (TPSA) is 14.2 Å². The molecule has 0 N–H and O–H groups in total. The number of nitrogens with zero attached hydrogens (tertiary/aromatic N) is 3. The second-order valence-electron chi connectivity index (χ2n) is 14.5.